The summed E-state index contributed by atoms with van der Waals surface area (Å²) in [6.45, 7) is 3.62. The van der Waals surface area contributed by atoms with Crippen LogP contribution in [0.1, 0.15) is 49.2 Å². The molecule has 1 atom stereocenters. The molecule has 2 fully saturated rings. The van der Waals surface area contributed by atoms with Gasteiger partial charge in [-0.15, -0.1) is 0 Å². The first-order valence-corrected chi connectivity index (χ1v) is 11.5. The number of carbonyl (C=O) groups is 2. The molecule has 2 aromatic rings. The van der Waals surface area contributed by atoms with Crippen molar-refractivity contribution < 1.29 is 23.1 Å². The number of carbonyl (C=O) groups excluding carboxylic acids is 2. The molecule has 1 saturated carbocycles. The van der Waals surface area contributed by atoms with Crippen LogP contribution >= 0.6 is 0 Å². The van der Waals surface area contributed by atoms with Gasteiger partial charge in [-0.3, -0.25) is 9.59 Å². The van der Waals surface area contributed by atoms with E-state index in [1.807, 2.05) is 19.1 Å². The molecular formula is C25H31FN2O4. The van der Waals surface area contributed by atoms with Crippen LogP contribution in [0.15, 0.2) is 40.8 Å². The summed E-state index contributed by atoms with van der Waals surface area (Å²) in [5.41, 5.74) is 0.819. The van der Waals surface area contributed by atoms with Crippen molar-refractivity contribution in [3.63, 3.8) is 0 Å². The Hall–Kier alpha value is -2.67. The van der Waals surface area contributed by atoms with Gasteiger partial charge >= 0.3 is 0 Å². The van der Waals surface area contributed by atoms with Gasteiger partial charge in [0.15, 0.2) is 0 Å². The molecule has 1 aliphatic carbocycles. The van der Waals surface area contributed by atoms with E-state index in [1.54, 1.807) is 21.9 Å². The van der Waals surface area contributed by atoms with Crippen LogP contribution in [0.2, 0.25) is 0 Å². The molecule has 1 aromatic heterocycles. The Bertz CT molecular complexity index is 916. The number of halogens is 1. The normalized spacial score (nSPS) is 18.4. The van der Waals surface area contributed by atoms with E-state index in [0.717, 1.165) is 43.4 Å². The Balaban J connectivity index is 1.49. The molecule has 32 heavy (non-hydrogen) atoms. The molecule has 4 rings (SSSR count). The summed E-state index contributed by atoms with van der Waals surface area (Å²) in [5.74, 6) is 1.04. The Kier molecular flexibility index (Phi) is 7.25. The highest BCUT2D eigenvalue weighted by atomic mass is 19.1. The summed E-state index contributed by atoms with van der Waals surface area (Å²) in [5, 5.41) is 0. The standard InChI is InChI=1S/C25H31FN2O4/c1-18-7-12-23(32-18)16-27(14-19-8-10-21(26)11-9-19)24(29)17-28(15-22-6-3-13-31-22)25(30)20-4-2-5-20/h7-12,20,22H,2-6,13-17H2,1H3. The first-order valence-electron chi connectivity index (χ1n) is 11.5. The van der Waals surface area contributed by atoms with Crippen molar-refractivity contribution in [1.82, 2.24) is 9.80 Å². The highest BCUT2D eigenvalue weighted by Crippen LogP contribution is 2.29. The SMILES string of the molecule is Cc1ccc(CN(Cc2ccc(F)cc2)C(=O)CN(CC2CCCO2)C(=O)C2CCC2)o1. The van der Waals surface area contributed by atoms with Crippen LogP contribution in [0, 0.1) is 18.7 Å². The fourth-order valence-corrected chi connectivity index (χ4v) is 4.24. The summed E-state index contributed by atoms with van der Waals surface area (Å²) in [7, 11) is 0. The Morgan fingerprint density at radius 3 is 2.38 bits per heavy atom. The third kappa shape index (κ3) is 5.76. The number of amides is 2. The maximum atomic E-state index is 13.4. The first-order chi connectivity index (χ1) is 15.5. The maximum absolute atomic E-state index is 13.4. The second-order valence-electron chi connectivity index (χ2n) is 8.87. The number of rotatable bonds is 9. The van der Waals surface area contributed by atoms with Gasteiger partial charge in [0.1, 0.15) is 17.3 Å². The zero-order valence-electron chi connectivity index (χ0n) is 18.6. The van der Waals surface area contributed by atoms with Gasteiger partial charge in [-0.2, -0.15) is 0 Å². The van der Waals surface area contributed by atoms with Crippen molar-refractivity contribution in [1.29, 1.82) is 0 Å². The van der Waals surface area contributed by atoms with E-state index in [1.165, 1.54) is 12.1 Å². The van der Waals surface area contributed by atoms with E-state index in [4.69, 9.17) is 9.15 Å². The number of aryl methyl sites for hydroxylation is 1. The van der Waals surface area contributed by atoms with Crippen molar-refractivity contribution in [3.8, 4) is 0 Å². The predicted molar refractivity (Wildman–Crippen MR) is 117 cm³/mol. The molecule has 6 nitrogen and oxygen atoms in total. The molecule has 1 aromatic carbocycles. The van der Waals surface area contributed by atoms with E-state index in [9.17, 15) is 14.0 Å². The van der Waals surface area contributed by atoms with Crippen molar-refractivity contribution >= 4 is 11.8 Å². The van der Waals surface area contributed by atoms with Crippen LogP contribution in [0.4, 0.5) is 4.39 Å². The minimum absolute atomic E-state index is 0.00917. The maximum Gasteiger partial charge on any atom is 0.242 e. The molecule has 2 heterocycles. The predicted octanol–water partition coefficient (Wildman–Crippen LogP) is 4.06. The smallest absolute Gasteiger partial charge is 0.242 e. The van der Waals surface area contributed by atoms with Crippen molar-refractivity contribution in [2.75, 3.05) is 19.7 Å². The lowest BCUT2D eigenvalue weighted by molar-refractivity contribution is -0.146. The average molecular weight is 443 g/mol. The highest BCUT2D eigenvalue weighted by Gasteiger charge is 2.33. The number of hydrogen-bond acceptors (Lipinski definition) is 4. The van der Waals surface area contributed by atoms with E-state index in [0.29, 0.717) is 25.5 Å². The number of furan rings is 1. The van der Waals surface area contributed by atoms with Crippen molar-refractivity contribution in [2.45, 2.75) is 58.2 Å². The third-order valence-electron chi connectivity index (χ3n) is 6.32. The fraction of sp³-hybridized carbons (Fsp3) is 0.520. The third-order valence-corrected chi connectivity index (χ3v) is 6.32. The quantitative estimate of drug-likeness (QED) is 0.588. The molecule has 1 aliphatic heterocycles. The molecule has 172 valence electrons. The largest absolute Gasteiger partial charge is 0.464 e. The Labute approximate surface area is 188 Å². The van der Waals surface area contributed by atoms with Gasteiger partial charge in [0.05, 0.1) is 19.2 Å². The number of benzene rings is 1. The van der Waals surface area contributed by atoms with Gasteiger partial charge in [-0.25, -0.2) is 4.39 Å². The molecule has 7 heteroatoms. The highest BCUT2D eigenvalue weighted by molar-refractivity contribution is 5.86. The van der Waals surface area contributed by atoms with E-state index in [-0.39, 0.29) is 42.7 Å². The molecule has 2 aliphatic rings. The summed E-state index contributed by atoms with van der Waals surface area (Å²) >= 11 is 0. The lowest BCUT2D eigenvalue weighted by Gasteiger charge is -2.34. The van der Waals surface area contributed by atoms with Gasteiger partial charge in [0.25, 0.3) is 0 Å². The second kappa shape index (κ2) is 10.3. The van der Waals surface area contributed by atoms with Crippen LogP contribution in [-0.2, 0) is 27.4 Å². The van der Waals surface area contributed by atoms with E-state index >= 15 is 0 Å². The minimum atomic E-state index is -0.317. The molecule has 0 N–H and O–H groups in total. The first kappa shape index (κ1) is 22.5. The molecular weight excluding hydrogens is 411 g/mol. The lowest BCUT2D eigenvalue weighted by Crippen LogP contribution is -2.48. The van der Waals surface area contributed by atoms with Gasteiger partial charge in [0.2, 0.25) is 11.8 Å². The zero-order chi connectivity index (χ0) is 22.5. The van der Waals surface area contributed by atoms with Crippen LogP contribution in [0.5, 0.6) is 0 Å². The number of ether oxygens (including phenoxy) is 1. The van der Waals surface area contributed by atoms with Crippen molar-refractivity contribution in [2.24, 2.45) is 5.92 Å². The van der Waals surface area contributed by atoms with Gasteiger partial charge in [0, 0.05) is 25.6 Å². The summed E-state index contributed by atoms with van der Waals surface area (Å²) in [4.78, 5) is 29.8. The monoisotopic (exact) mass is 442 g/mol. The Morgan fingerprint density at radius 2 is 1.78 bits per heavy atom. The molecule has 2 amide bonds. The van der Waals surface area contributed by atoms with E-state index in [2.05, 4.69) is 0 Å². The zero-order valence-corrected chi connectivity index (χ0v) is 18.6. The molecule has 0 bridgehead atoms. The second-order valence-corrected chi connectivity index (χ2v) is 8.87. The molecule has 1 unspecified atom stereocenters. The van der Waals surface area contributed by atoms with Crippen molar-refractivity contribution in [3.05, 3.63) is 59.3 Å². The molecule has 0 radical (unpaired) electrons. The number of hydrogen-bond donors (Lipinski definition) is 0. The summed E-state index contributed by atoms with van der Waals surface area (Å²) < 4.78 is 24.8. The van der Waals surface area contributed by atoms with Gasteiger partial charge in [-0.05, 0) is 62.4 Å². The fourth-order valence-electron chi connectivity index (χ4n) is 4.24. The lowest BCUT2D eigenvalue weighted by atomic mass is 9.84. The van der Waals surface area contributed by atoms with Crippen LogP contribution < -0.4 is 0 Å². The van der Waals surface area contributed by atoms with Gasteiger partial charge < -0.3 is 19.0 Å². The summed E-state index contributed by atoms with van der Waals surface area (Å²) in [6.07, 6.45) is 4.73. The van der Waals surface area contributed by atoms with E-state index < -0.39 is 0 Å². The minimum Gasteiger partial charge on any atom is -0.464 e. The molecule has 0 spiro atoms. The van der Waals surface area contributed by atoms with Crippen LogP contribution in [0.3, 0.4) is 0 Å². The molecule has 1 saturated heterocycles. The average Bonchev–Trinajstić information content (AvgIpc) is 3.39. The van der Waals surface area contributed by atoms with Gasteiger partial charge in [-0.1, -0.05) is 18.6 Å². The Morgan fingerprint density at radius 1 is 1.00 bits per heavy atom. The van der Waals surface area contributed by atoms with Crippen LogP contribution in [-0.4, -0.2) is 47.4 Å². The number of nitrogens with zero attached hydrogens (tertiary/aromatic N) is 2. The summed E-state index contributed by atoms with van der Waals surface area (Å²) in [6, 6.07) is 9.83. The van der Waals surface area contributed by atoms with Crippen LogP contribution in [0.25, 0.3) is 0 Å². The topological polar surface area (TPSA) is 63.0 Å².